The summed E-state index contributed by atoms with van der Waals surface area (Å²) in [4.78, 5) is 0. The second kappa shape index (κ2) is 1.69. The van der Waals surface area contributed by atoms with E-state index in [-0.39, 0.29) is 0 Å². The fourth-order valence-electron chi connectivity index (χ4n) is 0.421. The Kier molecular flexibility index (Phi) is 1.02. The van der Waals surface area contributed by atoms with E-state index in [1.165, 1.54) is 0 Å². The van der Waals surface area contributed by atoms with E-state index in [9.17, 15) is 0 Å². The van der Waals surface area contributed by atoms with Gasteiger partial charge in [-0.2, -0.15) is 0 Å². The first-order chi connectivity index (χ1) is 3.43. The Balaban J connectivity index is 2.76. The van der Waals surface area contributed by atoms with Crippen molar-refractivity contribution in [2.75, 3.05) is 12.4 Å². The number of anilines is 1. The molecule has 0 fully saturated rings. The molecule has 0 bridgehead atoms. The second-order valence-electron chi connectivity index (χ2n) is 1.23. The molecule has 0 aromatic carbocycles. The van der Waals surface area contributed by atoms with Gasteiger partial charge in [0.1, 0.15) is 0 Å². The molecule has 1 aromatic heterocycles. The van der Waals surface area contributed by atoms with E-state index >= 15 is 0 Å². The molecular formula is C5H7NO. The van der Waals surface area contributed by atoms with E-state index in [2.05, 4.69) is 5.32 Å². The summed E-state index contributed by atoms with van der Waals surface area (Å²) in [5.41, 5.74) is 0. The van der Waals surface area contributed by atoms with Crippen LogP contribution in [0.4, 0.5) is 5.88 Å². The smallest absolute Gasteiger partial charge is 0.192 e. The third-order valence-electron chi connectivity index (χ3n) is 0.768. The molecule has 0 aliphatic heterocycles. The van der Waals surface area contributed by atoms with Crippen molar-refractivity contribution in [2.24, 2.45) is 0 Å². The lowest BCUT2D eigenvalue weighted by molar-refractivity contribution is 0.583. The molecule has 1 heterocycles. The summed E-state index contributed by atoms with van der Waals surface area (Å²) in [6, 6.07) is 3.70. The van der Waals surface area contributed by atoms with Gasteiger partial charge in [0.25, 0.3) is 0 Å². The Morgan fingerprint density at radius 3 is 2.86 bits per heavy atom. The zero-order valence-corrected chi connectivity index (χ0v) is 4.14. The topological polar surface area (TPSA) is 25.2 Å². The average Bonchev–Trinajstić information content (AvgIpc) is 2.14. The average molecular weight is 97.1 g/mol. The molecule has 0 saturated heterocycles. The first-order valence-corrected chi connectivity index (χ1v) is 2.15. The molecule has 0 radical (unpaired) electrons. The molecule has 0 saturated carbocycles. The van der Waals surface area contributed by atoms with Gasteiger partial charge in [-0.3, -0.25) is 0 Å². The summed E-state index contributed by atoms with van der Waals surface area (Å²) in [7, 11) is 1.82. The van der Waals surface area contributed by atoms with Crippen LogP contribution >= 0.6 is 0 Å². The van der Waals surface area contributed by atoms with Crippen LogP contribution in [-0.2, 0) is 0 Å². The highest BCUT2D eigenvalue weighted by Gasteiger charge is 1.82. The lowest BCUT2D eigenvalue weighted by Crippen LogP contribution is -1.81. The molecule has 0 aliphatic rings. The lowest BCUT2D eigenvalue weighted by atomic mass is 10.6. The molecule has 1 rings (SSSR count). The van der Waals surface area contributed by atoms with E-state index < -0.39 is 0 Å². The Morgan fingerprint density at radius 1 is 1.71 bits per heavy atom. The van der Waals surface area contributed by atoms with Gasteiger partial charge in [0.05, 0.1) is 6.26 Å². The number of rotatable bonds is 1. The van der Waals surface area contributed by atoms with Crippen LogP contribution in [0.25, 0.3) is 0 Å². The summed E-state index contributed by atoms with van der Waals surface area (Å²) >= 11 is 0. The quantitative estimate of drug-likeness (QED) is 0.571. The molecule has 0 unspecified atom stereocenters. The number of nitrogens with one attached hydrogen (secondary N) is 1. The van der Waals surface area contributed by atoms with Crippen molar-refractivity contribution >= 4 is 5.88 Å². The molecule has 0 atom stereocenters. The van der Waals surface area contributed by atoms with Crippen molar-refractivity contribution in [1.29, 1.82) is 0 Å². The minimum absolute atomic E-state index is 0.806. The van der Waals surface area contributed by atoms with Crippen molar-refractivity contribution in [2.45, 2.75) is 0 Å². The summed E-state index contributed by atoms with van der Waals surface area (Å²) < 4.78 is 4.87. The highest BCUT2D eigenvalue weighted by Crippen LogP contribution is 2.03. The van der Waals surface area contributed by atoms with Gasteiger partial charge in [-0.25, -0.2) is 0 Å². The largest absolute Gasteiger partial charge is 0.449 e. The van der Waals surface area contributed by atoms with Crippen LogP contribution in [0.15, 0.2) is 22.8 Å². The third kappa shape index (κ3) is 0.738. The van der Waals surface area contributed by atoms with E-state index in [0.29, 0.717) is 0 Å². The number of hydrogen-bond acceptors (Lipinski definition) is 2. The van der Waals surface area contributed by atoms with E-state index in [0.717, 1.165) is 5.88 Å². The molecule has 7 heavy (non-hydrogen) atoms. The van der Waals surface area contributed by atoms with E-state index in [1.807, 2.05) is 19.2 Å². The maximum atomic E-state index is 4.87. The van der Waals surface area contributed by atoms with Crippen molar-refractivity contribution < 1.29 is 4.42 Å². The van der Waals surface area contributed by atoms with Crippen LogP contribution in [0, 0.1) is 0 Å². The van der Waals surface area contributed by atoms with Crippen molar-refractivity contribution in [3.05, 3.63) is 18.4 Å². The molecule has 38 valence electrons. The Morgan fingerprint density at radius 2 is 2.57 bits per heavy atom. The van der Waals surface area contributed by atoms with Crippen molar-refractivity contribution in [1.82, 2.24) is 0 Å². The van der Waals surface area contributed by atoms with Gasteiger partial charge in [0, 0.05) is 13.1 Å². The van der Waals surface area contributed by atoms with Crippen LogP contribution in [0.2, 0.25) is 0 Å². The molecule has 0 aliphatic carbocycles. The van der Waals surface area contributed by atoms with Crippen LogP contribution in [0.3, 0.4) is 0 Å². The predicted molar refractivity (Wildman–Crippen MR) is 28.3 cm³/mol. The lowest BCUT2D eigenvalue weighted by Gasteiger charge is -1.85. The van der Waals surface area contributed by atoms with Gasteiger partial charge in [-0.15, -0.1) is 0 Å². The third-order valence-corrected chi connectivity index (χ3v) is 0.768. The maximum absolute atomic E-state index is 4.87. The van der Waals surface area contributed by atoms with Gasteiger partial charge >= 0.3 is 0 Å². The molecule has 0 amide bonds. The Bertz CT molecular complexity index is 123. The monoisotopic (exact) mass is 97.1 g/mol. The fourth-order valence-corrected chi connectivity index (χ4v) is 0.421. The molecule has 0 spiro atoms. The molecule has 1 aromatic rings. The normalized spacial score (nSPS) is 8.71. The summed E-state index contributed by atoms with van der Waals surface area (Å²) in [5.74, 6) is 0.806. The van der Waals surface area contributed by atoms with Crippen molar-refractivity contribution in [3.63, 3.8) is 0 Å². The Labute approximate surface area is 42.1 Å². The second-order valence-corrected chi connectivity index (χ2v) is 1.23. The van der Waals surface area contributed by atoms with Gasteiger partial charge in [0.2, 0.25) is 0 Å². The first kappa shape index (κ1) is 4.24. The van der Waals surface area contributed by atoms with Gasteiger partial charge in [-0.1, -0.05) is 0 Å². The fraction of sp³-hybridized carbons (Fsp3) is 0.200. The SMILES string of the molecule is CNc1ccco1. The summed E-state index contributed by atoms with van der Waals surface area (Å²) in [5, 5.41) is 2.84. The zero-order chi connectivity index (χ0) is 5.11. The highest BCUT2D eigenvalue weighted by molar-refractivity contribution is 5.27. The minimum atomic E-state index is 0.806. The molecule has 2 heteroatoms. The van der Waals surface area contributed by atoms with Crippen LogP contribution < -0.4 is 5.32 Å². The van der Waals surface area contributed by atoms with Crippen LogP contribution in [0.5, 0.6) is 0 Å². The van der Waals surface area contributed by atoms with Gasteiger partial charge in [-0.05, 0) is 6.07 Å². The van der Waals surface area contributed by atoms with E-state index in [1.54, 1.807) is 6.26 Å². The Hall–Kier alpha value is -0.920. The predicted octanol–water partition coefficient (Wildman–Crippen LogP) is 1.32. The maximum Gasteiger partial charge on any atom is 0.192 e. The molecule has 2 nitrogen and oxygen atoms in total. The highest BCUT2D eigenvalue weighted by atomic mass is 16.3. The number of hydrogen-bond donors (Lipinski definition) is 1. The van der Waals surface area contributed by atoms with Crippen LogP contribution in [-0.4, -0.2) is 7.05 Å². The van der Waals surface area contributed by atoms with Crippen molar-refractivity contribution in [3.8, 4) is 0 Å². The van der Waals surface area contributed by atoms with Gasteiger partial charge < -0.3 is 9.73 Å². The van der Waals surface area contributed by atoms with Gasteiger partial charge in [0.15, 0.2) is 5.88 Å². The van der Waals surface area contributed by atoms with Crippen LogP contribution in [0.1, 0.15) is 0 Å². The summed E-state index contributed by atoms with van der Waals surface area (Å²) in [6.45, 7) is 0. The first-order valence-electron chi connectivity index (χ1n) is 2.15. The van der Waals surface area contributed by atoms with E-state index in [4.69, 9.17) is 4.42 Å². The zero-order valence-electron chi connectivity index (χ0n) is 4.14. The standard InChI is InChI=1S/C5H7NO/c1-6-5-3-2-4-7-5/h2-4,6H,1H3. The summed E-state index contributed by atoms with van der Waals surface area (Å²) in [6.07, 6.45) is 1.63. The number of furan rings is 1. The minimum Gasteiger partial charge on any atom is -0.449 e. The molecule has 1 N–H and O–H groups in total. The molecular weight excluding hydrogens is 90.1 g/mol.